The molecule has 4 aromatic rings. The van der Waals surface area contributed by atoms with Gasteiger partial charge in [-0.2, -0.15) is 0 Å². The first kappa shape index (κ1) is 32.6. The molecule has 0 saturated carbocycles. The van der Waals surface area contributed by atoms with E-state index < -0.39 is 18.2 Å². The second-order valence-electron chi connectivity index (χ2n) is 10.9. The summed E-state index contributed by atoms with van der Waals surface area (Å²) in [6, 6.07) is 33.9. The molecule has 230 valence electrons. The second-order valence-corrected chi connectivity index (χ2v) is 10.9. The molecule has 0 radical (unpaired) electrons. The van der Waals surface area contributed by atoms with Crippen LogP contribution in [0.3, 0.4) is 0 Å². The smallest absolute Gasteiger partial charge is 0.290 e. The summed E-state index contributed by atoms with van der Waals surface area (Å²) in [5, 5.41) is 0. The van der Waals surface area contributed by atoms with Crippen molar-refractivity contribution in [1.29, 1.82) is 0 Å². The van der Waals surface area contributed by atoms with E-state index in [4.69, 9.17) is 19.6 Å². The predicted octanol–water partition coefficient (Wildman–Crippen LogP) is 10.1. The minimum absolute atomic E-state index is 0.335. The van der Waals surface area contributed by atoms with Crippen LogP contribution in [-0.4, -0.2) is 18.2 Å². The molecule has 0 aromatic heterocycles. The number of carbonyl (C=O) groups excluding carboxylic acids is 2. The molecule has 0 atom stereocenters. The van der Waals surface area contributed by atoms with E-state index in [-0.39, 0.29) is 0 Å². The minimum Gasteiger partial charge on any atom is -0.290 e. The summed E-state index contributed by atoms with van der Waals surface area (Å²) < 4.78 is 0. The lowest BCUT2D eigenvalue weighted by molar-refractivity contribution is -0.421. The molecule has 0 saturated heterocycles. The molecule has 0 aliphatic carbocycles. The quantitative estimate of drug-likeness (QED) is 0.0494. The third kappa shape index (κ3) is 10.8. The maximum atomic E-state index is 12.7. The Kier molecular flexibility index (Phi) is 13.7. The standard InChI is InChI=1S/C38H42O6/c1-2-3-4-5-6-7-8-9-16-21-36(41-43-37(39)34-26-22-32(23-27-34)30-17-12-10-13-18-30)42-44-38(40)35-28-24-33(25-29-35)31-19-14-11-15-20-31/h10-15,17-20,22-29,36H,2-9,16,21H2,1H3. The van der Waals surface area contributed by atoms with E-state index in [1.54, 1.807) is 24.3 Å². The molecular weight excluding hydrogens is 552 g/mol. The molecule has 6 nitrogen and oxygen atoms in total. The van der Waals surface area contributed by atoms with E-state index in [1.165, 1.54) is 38.5 Å². The zero-order chi connectivity index (χ0) is 30.8. The normalized spacial score (nSPS) is 11.0. The lowest BCUT2D eigenvalue weighted by Crippen LogP contribution is -2.22. The van der Waals surface area contributed by atoms with E-state index in [2.05, 4.69) is 6.92 Å². The fraction of sp³-hybridized carbons (Fsp3) is 0.316. The summed E-state index contributed by atoms with van der Waals surface area (Å²) in [6.45, 7) is 2.22. The molecule has 0 bridgehead atoms. The van der Waals surface area contributed by atoms with Crippen molar-refractivity contribution in [2.24, 2.45) is 0 Å². The summed E-state index contributed by atoms with van der Waals surface area (Å²) in [7, 11) is 0. The van der Waals surface area contributed by atoms with Gasteiger partial charge in [-0.05, 0) is 52.9 Å². The summed E-state index contributed by atoms with van der Waals surface area (Å²) in [6.07, 6.45) is 9.70. The third-order valence-electron chi connectivity index (χ3n) is 7.46. The zero-order valence-corrected chi connectivity index (χ0v) is 25.5. The van der Waals surface area contributed by atoms with Crippen LogP contribution in [0, 0.1) is 0 Å². The van der Waals surface area contributed by atoms with Crippen LogP contribution in [0.2, 0.25) is 0 Å². The highest BCUT2D eigenvalue weighted by Crippen LogP contribution is 2.22. The Morgan fingerprint density at radius 3 is 1.25 bits per heavy atom. The van der Waals surface area contributed by atoms with Gasteiger partial charge in [-0.3, -0.25) is 9.78 Å². The number of benzene rings is 4. The summed E-state index contributed by atoms with van der Waals surface area (Å²) in [5.41, 5.74) is 4.74. The number of hydrogen-bond acceptors (Lipinski definition) is 6. The van der Waals surface area contributed by atoms with Crippen LogP contribution in [-0.2, 0) is 19.6 Å². The van der Waals surface area contributed by atoms with Crippen molar-refractivity contribution in [3.05, 3.63) is 120 Å². The van der Waals surface area contributed by atoms with Crippen LogP contribution in [0.25, 0.3) is 22.3 Å². The Morgan fingerprint density at radius 2 is 0.841 bits per heavy atom. The molecule has 0 N–H and O–H groups in total. The fourth-order valence-corrected chi connectivity index (χ4v) is 4.88. The first-order valence-corrected chi connectivity index (χ1v) is 15.7. The van der Waals surface area contributed by atoms with Crippen molar-refractivity contribution in [2.75, 3.05) is 0 Å². The van der Waals surface area contributed by atoms with Gasteiger partial charge in [0.25, 0.3) is 0 Å². The van der Waals surface area contributed by atoms with Gasteiger partial charge < -0.3 is 0 Å². The summed E-state index contributed by atoms with van der Waals surface area (Å²) in [4.78, 5) is 46.4. The Balaban J connectivity index is 1.28. The average molecular weight is 595 g/mol. The molecule has 0 heterocycles. The molecule has 0 fully saturated rings. The van der Waals surface area contributed by atoms with E-state index in [0.717, 1.165) is 41.5 Å². The van der Waals surface area contributed by atoms with Gasteiger partial charge in [-0.15, -0.1) is 9.78 Å². The Hall–Kier alpha value is -4.26. The van der Waals surface area contributed by atoms with Crippen LogP contribution >= 0.6 is 0 Å². The van der Waals surface area contributed by atoms with Crippen molar-refractivity contribution in [2.45, 2.75) is 77.4 Å². The largest absolute Gasteiger partial charge is 0.373 e. The van der Waals surface area contributed by atoms with E-state index in [9.17, 15) is 9.59 Å². The van der Waals surface area contributed by atoms with Crippen LogP contribution in [0.5, 0.6) is 0 Å². The second kappa shape index (κ2) is 18.4. The Morgan fingerprint density at radius 1 is 0.477 bits per heavy atom. The maximum Gasteiger partial charge on any atom is 0.373 e. The molecule has 0 amide bonds. The van der Waals surface area contributed by atoms with Crippen molar-refractivity contribution in [3.63, 3.8) is 0 Å². The van der Waals surface area contributed by atoms with Crippen molar-refractivity contribution in [1.82, 2.24) is 0 Å². The first-order valence-electron chi connectivity index (χ1n) is 15.7. The predicted molar refractivity (Wildman–Crippen MR) is 172 cm³/mol. The lowest BCUT2D eigenvalue weighted by Gasteiger charge is -2.15. The van der Waals surface area contributed by atoms with Gasteiger partial charge in [0.05, 0.1) is 11.1 Å². The number of carbonyl (C=O) groups is 2. The van der Waals surface area contributed by atoms with Crippen LogP contribution in [0.15, 0.2) is 109 Å². The molecule has 0 unspecified atom stereocenters. The van der Waals surface area contributed by atoms with E-state index in [0.29, 0.717) is 17.5 Å². The molecule has 44 heavy (non-hydrogen) atoms. The third-order valence-corrected chi connectivity index (χ3v) is 7.46. The molecule has 0 aliphatic rings. The average Bonchev–Trinajstić information content (AvgIpc) is 3.09. The molecule has 0 aliphatic heterocycles. The lowest BCUT2D eigenvalue weighted by atomic mass is 10.0. The van der Waals surface area contributed by atoms with Gasteiger partial charge in [0.2, 0.25) is 6.29 Å². The SMILES string of the molecule is CCCCCCCCCCCC(OOC(=O)c1ccc(-c2ccccc2)cc1)OOC(=O)c1ccc(-c2ccccc2)cc1. The first-order chi connectivity index (χ1) is 21.6. The van der Waals surface area contributed by atoms with Crippen LogP contribution < -0.4 is 0 Å². The molecule has 4 aromatic carbocycles. The minimum atomic E-state index is -1.06. The molecular formula is C38H42O6. The number of rotatable bonds is 18. The Bertz CT molecular complexity index is 1290. The van der Waals surface area contributed by atoms with Gasteiger partial charge in [-0.1, -0.05) is 143 Å². The van der Waals surface area contributed by atoms with Crippen LogP contribution in [0.1, 0.15) is 91.8 Å². The van der Waals surface area contributed by atoms with Gasteiger partial charge in [0.15, 0.2) is 0 Å². The molecule has 0 spiro atoms. The highest BCUT2D eigenvalue weighted by Gasteiger charge is 2.20. The summed E-state index contributed by atoms with van der Waals surface area (Å²) in [5.74, 6) is -1.32. The van der Waals surface area contributed by atoms with Gasteiger partial charge >= 0.3 is 11.9 Å². The van der Waals surface area contributed by atoms with Crippen molar-refractivity contribution in [3.8, 4) is 22.3 Å². The Labute approximate surface area is 260 Å². The van der Waals surface area contributed by atoms with Crippen molar-refractivity contribution >= 4 is 11.9 Å². The van der Waals surface area contributed by atoms with E-state index >= 15 is 0 Å². The highest BCUT2D eigenvalue weighted by atomic mass is 17.3. The zero-order valence-electron chi connectivity index (χ0n) is 25.5. The van der Waals surface area contributed by atoms with Gasteiger partial charge in [0.1, 0.15) is 0 Å². The van der Waals surface area contributed by atoms with E-state index in [1.807, 2.05) is 84.9 Å². The number of unbranched alkanes of at least 4 members (excludes halogenated alkanes) is 8. The monoisotopic (exact) mass is 594 g/mol. The van der Waals surface area contributed by atoms with Crippen molar-refractivity contribution < 1.29 is 29.1 Å². The molecule has 6 heteroatoms. The summed E-state index contributed by atoms with van der Waals surface area (Å²) >= 11 is 0. The highest BCUT2D eigenvalue weighted by molar-refractivity contribution is 5.90. The number of hydrogen-bond donors (Lipinski definition) is 0. The topological polar surface area (TPSA) is 71.1 Å². The van der Waals surface area contributed by atoms with Gasteiger partial charge in [0, 0.05) is 6.42 Å². The van der Waals surface area contributed by atoms with Crippen LogP contribution in [0.4, 0.5) is 0 Å². The fourth-order valence-electron chi connectivity index (χ4n) is 4.88. The molecule has 4 rings (SSSR count). The maximum absolute atomic E-state index is 12.7. The van der Waals surface area contributed by atoms with Gasteiger partial charge in [-0.25, -0.2) is 9.59 Å².